The number of anilines is 1. The number of nitrogens with zero attached hydrogens (tertiary/aromatic N) is 1. The van der Waals surface area contributed by atoms with Crippen LogP contribution < -0.4 is 27.8 Å². The first-order chi connectivity index (χ1) is 14.0. The number of guanidine groups is 1. The van der Waals surface area contributed by atoms with Crippen LogP contribution in [0.1, 0.15) is 18.4 Å². The van der Waals surface area contributed by atoms with Crippen LogP contribution in [0, 0.1) is 0 Å². The molecule has 0 aromatic heterocycles. The maximum absolute atomic E-state index is 12.8. The van der Waals surface area contributed by atoms with Gasteiger partial charge < -0.3 is 27.8 Å². The predicted octanol–water partition coefficient (Wildman–Crippen LogP) is 0.734. The molecule has 2 rings (SSSR count). The minimum atomic E-state index is -0.757. The lowest BCUT2D eigenvalue weighted by Crippen LogP contribution is -2.51. The average molecular weight is 396 g/mol. The van der Waals surface area contributed by atoms with Gasteiger partial charge >= 0.3 is 0 Å². The molecule has 154 valence electrons. The van der Waals surface area contributed by atoms with E-state index in [0.717, 1.165) is 5.56 Å². The van der Waals surface area contributed by atoms with Crippen LogP contribution in [0.2, 0.25) is 0 Å². The number of aliphatic imine (C=N–C) groups is 1. The molecule has 0 fully saturated rings. The Balaban J connectivity index is 2.01. The van der Waals surface area contributed by atoms with E-state index in [-0.39, 0.29) is 17.8 Å². The van der Waals surface area contributed by atoms with Gasteiger partial charge in [0.2, 0.25) is 11.8 Å². The molecule has 8 nitrogen and oxygen atoms in total. The molecule has 0 aliphatic carbocycles. The largest absolute Gasteiger partial charge is 0.370 e. The van der Waals surface area contributed by atoms with E-state index >= 15 is 0 Å². The first kappa shape index (κ1) is 21.9. The lowest BCUT2D eigenvalue weighted by molar-refractivity contribution is -0.127. The maximum Gasteiger partial charge on any atom is 0.247 e. The van der Waals surface area contributed by atoms with E-state index in [0.29, 0.717) is 31.5 Å². The van der Waals surface area contributed by atoms with Crippen molar-refractivity contribution in [2.24, 2.45) is 22.2 Å². The summed E-state index contributed by atoms with van der Waals surface area (Å²) in [4.78, 5) is 29.2. The molecule has 0 bridgehead atoms. The molecule has 8 heteroatoms. The lowest BCUT2D eigenvalue weighted by atomic mass is 10.0. The molecule has 0 heterocycles. The van der Waals surface area contributed by atoms with Crippen LogP contribution in [0.15, 0.2) is 65.7 Å². The third-order valence-electron chi connectivity index (χ3n) is 4.26. The van der Waals surface area contributed by atoms with Crippen LogP contribution in [0.4, 0.5) is 5.69 Å². The predicted molar refractivity (Wildman–Crippen MR) is 115 cm³/mol. The van der Waals surface area contributed by atoms with E-state index in [2.05, 4.69) is 15.6 Å². The van der Waals surface area contributed by atoms with Gasteiger partial charge in [0.1, 0.15) is 6.04 Å². The van der Waals surface area contributed by atoms with Crippen LogP contribution >= 0.6 is 0 Å². The second-order valence-corrected chi connectivity index (χ2v) is 6.66. The Bertz CT molecular complexity index is 806. The molecule has 0 saturated heterocycles. The Kier molecular flexibility index (Phi) is 8.65. The average Bonchev–Trinajstić information content (AvgIpc) is 2.71. The van der Waals surface area contributed by atoms with Gasteiger partial charge in [0, 0.05) is 18.7 Å². The molecule has 0 aliphatic heterocycles. The summed E-state index contributed by atoms with van der Waals surface area (Å²) in [7, 11) is 0. The van der Waals surface area contributed by atoms with Gasteiger partial charge in [-0.15, -0.1) is 0 Å². The molecular formula is C21H28N6O2. The lowest BCUT2D eigenvalue weighted by Gasteiger charge is -2.21. The number of hydrogen-bond donors (Lipinski definition) is 5. The van der Waals surface area contributed by atoms with Crippen molar-refractivity contribution in [2.75, 3.05) is 11.9 Å². The summed E-state index contributed by atoms with van der Waals surface area (Å²) in [6, 6.07) is 17.1. The minimum absolute atomic E-state index is 0.00327. The number of carbonyl (C=O) groups excluding carboxylic acids is 2. The molecule has 2 aromatic carbocycles. The van der Waals surface area contributed by atoms with E-state index in [9.17, 15) is 9.59 Å². The molecule has 0 spiro atoms. The molecule has 2 atom stereocenters. The summed E-state index contributed by atoms with van der Waals surface area (Å²) < 4.78 is 0. The third-order valence-corrected chi connectivity index (χ3v) is 4.26. The molecule has 0 unspecified atom stereocenters. The fraction of sp³-hybridized carbons (Fsp3) is 0.286. The van der Waals surface area contributed by atoms with Crippen molar-refractivity contribution in [3.63, 3.8) is 0 Å². The van der Waals surface area contributed by atoms with E-state index in [1.165, 1.54) is 0 Å². The van der Waals surface area contributed by atoms with E-state index in [1.807, 2.05) is 48.5 Å². The van der Waals surface area contributed by atoms with Gasteiger partial charge in [-0.2, -0.15) is 0 Å². The summed E-state index contributed by atoms with van der Waals surface area (Å²) in [5.74, 6) is -0.691. The molecule has 0 aliphatic rings. The van der Waals surface area contributed by atoms with Gasteiger partial charge in [-0.1, -0.05) is 48.5 Å². The molecule has 29 heavy (non-hydrogen) atoms. The second kappa shape index (κ2) is 11.5. The molecule has 2 amide bonds. The fourth-order valence-electron chi connectivity index (χ4n) is 2.74. The number of benzene rings is 2. The maximum atomic E-state index is 12.8. The van der Waals surface area contributed by atoms with Gasteiger partial charge in [-0.25, -0.2) is 0 Å². The van der Waals surface area contributed by atoms with Crippen LogP contribution in [0.5, 0.6) is 0 Å². The zero-order valence-electron chi connectivity index (χ0n) is 16.3. The number of hydrogen-bond acceptors (Lipinski definition) is 4. The number of nitrogens with one attached hydrogen (secondary N) is 2. The standard InChI is InChI=1S/C21H28N6O2/c22-17(12-7-13-25-21(23)24)19(28)27-18(14-15-8-3-1-4-9-15)20(29)26-16-10-5-2-6-11-16/h1-6,8-11,17-18H,7,12-14,22H2,(H,26,29)(H,27,28)(H4,23,24,25)/t17-,18-/m0/s1. The normalized spacial score (nSPS) is 12.4. The third kappa shape index (κ3) is 8.02. The Hall–Kier alpha value is -3.39. The highest BCUT2D eigenvalue weighted by Gasteiger charge is 2.24. The number of amides is 2. The van der Waals surface area contributed by atoms with Gasteiger partial charge in [0.15, 0.2) is 5.96 Å². The first-order valence-electron chi connectivity index (χ1n) is 9.47. The van der Waals surface area contributed by atoms with E-state index < -0.39 is 12.1 Å². The second-order valence-electron chi connectivity index (χ2n) is 6.66. The van der Waals surface area contributed by atoms with Crippen molar-refractivity contribution in [1.82, 2.24) is 5.32 Å². The number of carbonyl (C=O) groups is 2. The number of nitrogens with two attached hydrogens (primary N) is 3. The van der Waals surface area contributed by atoms with Crippen LogP contribution in [0.25, 0.3) is 0 Å². The molecule has 0 radical (unpaired) electrons. The van der Waals surface area contributed by atoms with Crippen molar-refractivity contribution < 1.29 is 9.59 Å². The quantitative estimate of drug-likeness (QED) is 0.228. The highest BCUT2D eigenvalue weighted by atomic mass is 16.2. The van der Waals surface area contributed by atoms with Crippen LogP contribution in [-0.4, -0.2) is 36.4 Å². The highest BCUT2D eigenvalue weighted by Crippen LogP contribution is 2.09. The molecule has 8 N–H and O–H groups in total. The fourth-order valence-corrected chi connectivity index (χ4v) is 2.74. The molecular weight excluding hydrogens is 368 g/mol. The first-order valence-corrected chi connectivity index (χ1v) is 9.47. The zero-order valence-corrected chi connectivity index (χ0v) is 16.3. The SMILES string of the molecule is NC(N)=NCCC[C@H](N)C(=O)N[C@@H](Cc1ccccc1)C(=O)Nc1ccccc1. The number of para-hydroxylation sites is 1. The van der Waals surface area contributed by atoms with Crippen molar-refractivity contribution in [3.05, 3.63) is 66.2 Å². The molecule has 0 saturated carbocycles. The highest BCUT2D eigenvalue weighted by molar-refractivity contribution is 5.98. The van der Waals surface area contributed by atoms with Crippen molar-refractivity contribution in [3.8, 4) is 0 Å². The van der Waals surface area contributed by atoms with Crippen molar-refractivity contribution in [2.45, 2.75) is 31.3 Å². The Labute approximate surface area is 170 Å². The van der Waals surface area contributed by atoms with Gasteiger partial charge in [-0.3, -0.25) is 14.6 Å². The van der Waals surface area contributed by atoms with Gasteiger partial charge in [-0.05, 0) is 30.5 Å². The van der Waals surface area contributed by atoms with Gasteiger partial charge in [0.05, 0.1) is 6.04 Å². The zero-order chi connectivity index (χ0) is 21.1. The summed E-state index contributed by atoms with van der Waals surface area (Å²) in [6.07, 6.45) is 1.32. The van der Waals surface area contributed by atoms with Crippen molar-refractivity contribution >= 4 is 23.5 Å². The Morgan fingerprint density at radius 1 is 0.931 bits per heavy atom. The molecule has 2 aromatic rings. The van der Waals surface area contributed by atoms with Crippen molar-refractivity contribution in [1.29, 1.82) is 0 Å². The Morgan fingerprint density at radius 2 is 1.55 bits per heavy atom. The summed E-state index contributed by atoms with van der Waals surface area (Å²) >= 11 is 0. The van der Waals surface area contributed by atoms with Crippen LogP contribution in [0.3, 0.4) is 0 Å². The monoisotopic (exact) mass is 396 g/mol. The topological polar surface area (TPSA) is 149 Å². The minimum Gasteiger partial charge on any atom is -0.370 e. The van der Waals surface area contributed by atoms with E-state index in [1.54, 1.807) is 12.1 Å². The van der Waals surface area contributed by atoms with Gasteiger partial charge in [0.25, 0.3) is 0 Å². The number of rotatable bonds is 10. The Morgan fingerprint density at radius 3 is 2.17 bits per heavy atom. The van der Waals surface area contributed by atoms with Crippen LogP contribution in [-0.2, 0) is 16.0 Å². The smallest absolute Gasteiger partial charge is 0.247 e. The summed E-state index contributed by atoms with van der Waals surface area (Å²) in [6.45, 7) is 0.394. The van der Waals surface area contributed by atoms with E-state index in [4.69, 9.17) is 17.2 Å². The summed E-state index contributed by atoms with van der Waals surface area (Å²) in [5.41, 5.74) is 18.1. The summed E-state index contributed by atoms with van der Waals surface area (Å²) in [5, 5.41) is 5.61.